The molecule has 0 aliphatic heterocycles. The Bertz CT molecular complexity index is 201. The van der Waals surface area contributed by atoms with Crippen LogP contribution in [0.1, 0.15) is 0 Å². The predicted octanol–water partition coefficient (Wildman–Crippen LogP) is 1.76. The topological polar surface area (TPSA) is 16.1 Å². The molecule has 11 heavy (non-hydrogen) atoms. The van der Waals surface area contributed by atoms with Crippen LogP contribution in [0.5, 0.6) is 0 Å². The molecule has 0 fully saturated rings. The molecule has 0 saturated carbocycles. The van der Waals surface area contributed by atoms with Crippen LogP contribution in [-0.4, -0.2) is 24.5 Å². The van der Waals surface area contributed by atoms with E-state index in [9.17, 15) is 0 Å². The zero-order valence-electron chi connectivity index (χ0n) is 6.50. The largest absolute Gasteiger partial charge is 0.358 e. The summed E-state index contributed by atoms with van der Waals surface area (Å²) in [4.78, 5) is 6.19. The van der Waals surface area contributed by atoms with Crippen molar-refractivity contribution in [2.24, 2.45) is 0 Å². The van der Waals surface area contributed by atoms with Gasteiger partial charge in [-0.05, 0) is 12.1 Å². The fourth-order valence-electron chi connectivity index (χ4n) is 0.821. The highest BCUT2D eigenvalue weighted by Crippen LogP contribution is 2.05. The van der Waals surface area contributed by atoms with Gasteiger partial charge in [0, 0.05) is 25.7 Å². The standard InChI is InChI=1S/C8H11ClN2/c1-11(7-5-9)8-4-2-3-6-10-8/h2-4,6H,5,7H2,1H3. The van der Waals surface area contributed by atoms with E-state index in [1.54, 1.807) is 6.20 Å². The zero-order chi connectivity index (χ0) is 8.10. The molecule has 1 aromatic rings. The maximum atomic E-state index is 5.58. The summed E-state index contributed by atoms with van der Waals surface area (Å²) in [7, 11) is 1.98. The number of rotatable bonds is 3. The van der Waals surface area contributed by atoms with Gasteiger partial charge in [-0.2, -0.15) is 0 Å². The van der Waals surface area contributed by atoms with E-state index in [2.05, 4.69) is 4.98 Å². The number of anilines is 1. The molecule has 0 bridgehead atoms. The highest BCUT2D eigenvalue weighted by Gasteiger charge is 1.97. The smallest absolute Gasteiger partial charge is 0.128 e. The summed E-state index contributed by atoms with van der Waals surface area (Å²) < 4.78 is 0. The highest BCUT2D eigenvalue weighted by atomic mass is 35.5. The van der Waals surface area contributed by atoms with Gasteiger partial charge in [-0.3, -0.25) is 0 Å². The van der Waals surface area contributed by atoms with Crippen LogP contribution in [0.2, 0.25) is 0 Å². The van der Waals surface area contributed by atoms with E-state index in [-0.39, 0.29) is 0 Å². The normalized spacial score (nSPS) is 9.64. The number of hydrogen-bond acceptors (Lipinski definition) is 2. The van der Waals surface area contributed by atoms with Gasteiger partial charge in [-0.15, -0.1) is 11.6 Å². The second-order valence-electron chi connectivity index (χ2n) is 2.30. The van der Waals surface area contributed by atoms with Crippen LogP contribution in [0, 0.1) is 0 Å². The lowest BCUT2D eigenvalue weighted by atomic mass is 10.4. The van der Waals surface area contributed by atoms with Crippen molar-refractivity contribution >= 4 is 17.4 Å². The summed E-state index contributed by atoms with van der Waals surface area (Å²) in [6, 6.07) is 5.83. The first-order valence-electron chi connectivity index (χ1n) is 3.52. The molecule has 0 aliphatic rings. The summed E-state index contributed by atoms with van der Waals surface area (Å²) in [6.45, 7) is 0.832. The van der Waals surface area contributed by atoms with E-state index < -0.39 is 0 Å². The van der Waals surface area contributed by atoms with E-state index in [1.165, 1.54) is 0 Å². The Morgan fingerprint density at radius 1 is 1.55 bits per heavy atom. The van der Waals surface area contributed by atoms with Gasteiger partial charge in [0.2, 0.25) is 0 Å². The second-order valence-corrected chi connectivity index (χ2v) is 2.68. The molecule has 1 heterocycles. The molecule has 60 valence electrons. The third-order valence-corrected chi connectivity index (χ3v) is 1.63. The van der Waals surface area contributed by atoms with Crippen molar-refractivity contribution in [3.8, 4) is 0 Å². The molecule has 0 atom stereocenters. The summed E-state index contributed by atoms with van der Waals surface area (Å²) in [6.07, 6.45) is 1.78. The molecule has 0 N–H and O–H groups in total. The number of pyridine rings is 1. The molecule has 3 heteroatoms. The Morgan fingerprint density at radius 3 is 2.91 bits per heavy atom. The maximum Gasteiger partial charge on any atom is 0.128 e. The lowest BCUT2D eigenvalue weighted by molar-refractivity contribution is 0.943. The van der Waals surface area contributed by atoms with E-state index in [0.29, 0.717) is 5.88 Å². The van der Waals surface area contributed by atoms with Crippen LogP contribution in [0.3, 0.4) is 0 Å². The first kappa shape index (κ1) is 8.34. The Morgan fingerprint density at radius 2 is 2.36 bits per heavy atom. The van der Waals surface area contributed by atoms with E-state index >= 15 is 0 Å². The van der Waals surface area contributed by atoms with Gasteiger partial charge in [0.05, 0.1) is 0 Å². The molecule has 0 saturated heterocycles. The first-order chi connectivity index (χ1) is 5.34. The predicted molar refractivity (Wildman–Crippen MR) is 48.2 cm³/mol. The average molecular weight is 171 g/mol. The van der Waals surface area contributed by atoms with Crippen LogP contribution >= 0.6 is 11.6 Å². The summed E-state index contributed by atoms with van der Waals surface area (Å²) >= 11 is 5.58. The second kappa shape index (κ2) is 4.19. The zero-order valence-corrected chi connectivity index (χ0v) is 7.25. The SMILES string of the molecule is CN(CCCl)c1ccccn1. The van der Waals surface area contributed by atoms with Crippen LogP contribution in [-0.2, 0) is 0 Å². The lowest BCUT2D eigenvalue weighted by Gasteiger charge is -2.15. The van der Waals surface area contributed by atoms with Crippen molar-refractivity contribution in [1.82, 2.24) is 4.98 Å². The molecular weight excluding hydrogens is 160 g/mol. The van der Waals surface area contributed by atoms with Gasteiger partial charge >= 0.3 is 0 Å². The Balaban J connectivity index is 2.61. The molecule has 0 amide bonds. The van der Waals surface area contributed by atoms with Crippen LogP contribution in [0.15, 0.2) is 24.4 Å². The van der Waals surface area contributed by atoms with Crippen molar-refractivity contribution < 1.29 is 0 Å². The summed E-state index contributed by atoms with van der Waals surface area (Å²) in [5, 5.41) is 0. The molecule has 0 spiro atoms. The van der Waals surface area contributed by atoms with E-state index in [1.807, 2.05) is 30.1 Å². The lowest BCUT2D eigenvalue weighted by Crippen LogP contribution is -2.20. The van der Waals surface area contributed by atoms with Crippen molar-refractivity contribution in [3.05, 3.63) is 24.4 Å². The Hall–Kier alpha value is -0.760. The van der Waals surface area contributed by atoms with E-state index in [4.69, 9.17) is 11.6 Å². The van der Waals surface area contributed by atoms with Crippen molar-refractivity contribution in [1.29, 1.82) is 0 Å². The third-order valence-electron chi connectivity index (χ3n) is 1.46. The van der Waals surface area contributed by atoms with Crippen LogP contribution in [0.4, 0.5) is 5.82 Å². The maximum absolute atomic E-state index is 5.58. The molecule has 1 aromatic heterocycles. The third kappa shape index (κ3) is 2.39. The summed E-state index contributed by atoms with van der Waals surface area (Å²) in [5.74, 6) is 1.60. The van der Waals surface area contributed by atoms with Crippen LogP contribution < -0.4 is 4.90 Å². The number of alkyl halides is 1. The van der Waals surface area contributed by atoms with Gasteiger partial charge in [0.1, 0.15) is 5.82 Å². The number of nitrogens with zero attached hydrogens (tertiary/aromatic N) is 2. The van der Waals surface area contributed by atoms with Crippen molar-refractivity contribution in [2.75, 3.05) is 24.4 Å². The number of aromatic nitrogens is 1. The quantitative estimate of drug-likeness (QED) is 0.643. The molecule has 0 aliphatic carbocycles. The minimum Gasteiger partial charge on any atom is -0.358 e. The molecule has 0 aromatic carbocycles. The molecule has 1 rings (SSSR count). The number of hydrogen-bond donors (Lipinski definition) is 0. The number of halogens is 1. The van der Waals surface area contributed by atoms with Gasteiger partial charge in [-0.25, -0.2) is 4.98 Å². The average Bonchev–Trinajstić information content (AvgIpc) is 2.07. The minimum absolute atomic E-state index is 0.632. The van der Waals surface area contributed by atoms with Gasteiger partial charge in [0.25, 0.3) is 0 Å². The van der Waals surface area contributed by atoms with Crippen molar-refractivity contribution in [2.45, 2.75) is 0 Å². The first-order valence-corrected chi connectivity index (χ1v) is 4.06. The van der Waals surface area contributed by atoms with Crippen LogP contribution in [0.25, 0.3) is 0 Å². The Labute approximate surface area is 71.8 Å². The van der Waals surface area contributed by atoms with Crippen molar-refractivity contribution in [3.63, 3.8) is 0 Å². The summed E-state index contributed by atoms with van der Waals surface area (Å²) in [5.41, 5.74) is 0. The molecule has 0 radical (unpaired) electrons. The van der Waals surface area contributed by atoms with Gasteiger partial charge in [-0.1, -0.05) is 6.07 Å². The van der Waals surface area contributed by atoms with E-state index in [0.717, 1.165) is 12.4 Å². The van der Waals surface area contributed by atoms with Gasteiger partial charge in [0.15, 0.2) is 0 Å². The van der Waals surface area contributed by atoms with Gasteiger partial charge < -0.3 is 4.90 Å². The Kier molecular flexibility index (Phi) is 3.17. The molecular formula is C8H11ClN2. The molecule has 2 nitrogen and oxygen atoms in total. The minimum atomic E-state index is 0.632. The highest BCUT2D eigenvalue weighted by molar-refractivity contribution is 6.18. The monoisotopic (exact) mass is 170 g/mol. The fraction of sp³-hybridized carbons (Fsp3) is 0.375. The molecule has 0 unspecified atom stereocenters. The fourth-order valence-corrected chi connectivity index (χ4v) is 1.07.